The van der Waals surface area contributed by atoms with Crippen LogP contribution in [0.2, 0.25) is 0 Å². The molecule has 1 N–H and O–H groups in total. The van der Waals surface area contributed by atoms with Crippen molar-refractivity contribution < 1.29 is 14.6 Å². The van der Waals surface area contributed by atoms with E-state index >= 15 is 0 Å². The molecule has 0 saturated heterocycles. The molecule has 0 saturated carbocycles. The minimum Gasteiger partial charge on any atom is -0.443 e. The minimum absolute atomic E-state index is 0.107. The molecular formula is C14H21NO3. The molecule has 0 aliphatic carbocycles. The standard InChI is InChI=1S/C14H21NO3/c1-10-6-7-12(11(8-10)9-16)15(5)13(17)18-14(2,3)4/h6-8,16H,9H2,1-5H3. The highest BCUT2D eigenvalue weighted by molar-refractivity contribution is 5.88. The molecule has 1 amide bonds. The number of amides is 1. The first-order chi connectivity index (χ1) is 8.24. The van der Waals surface area contributed by atoms with Crippen LogP contribution in [0.4, 0.5) is 10.5 Å². The monoisotopic (exact) mass is 251 g/mol. The Kier molecular flexibility index (Phi) is 4.35. The molecular weight excluding hydrogens is 230 g/mol. The number of ether oxygens (including phenoxy) is 1. The molecule has 1 aromatic carbocycles. The number of benzene rings is 1. The topological polar surface area (TPSA) is 49.8 Å². The zero-order chi connectivity index (χ0) is 13.9. The van der Waals surface area contributed by atoms with E-state index in [1.54, 1.807) is 7.05 Å². The van der Waals surface area contributed by atoms with E-state index in [0.29, 0.717) is 11.3 Å². The highest BCUT2D eigenvalue weighted by atomic mass is 16.6. The van der Waals surface area contributed by atoms with Gasteiger partial charge in [0.25, 0.3) is 0 Å². The van der Waals surface area contributed by atoms with Gasteiger partial charge in [0.1, 0.15) is 5.60 Å². The Bertz CT molecular complexity index is 435. The number of carbonyl (C=O) groups is 1. The Morgan fingerprint density at radius 2 is 2.00 bits per heavy atom. The molecule has 0 heterocycles. The Hall–Kier alpha value is -1.55. The fourth-order valence-electron chi connectivity index (χ4n) is 1.60. The van der Waals surface area contributed by atoms with Crippen molar-refractivity contribution in [1.82, 2.24) is 0 Å². The van der Waals surface area contributed by atoms with Crippen LogP contribution < -0.4 is 4.90 Å². The van der Waals surface area contributed by atoms with Crippen LogP contribution in [0.1, 0.15) is 31.9 Å². The van der Waals surface area contributed by atoms with Crippen molar-refractivity contribution in [2.24, 2.45) is 0 Å². The van der Waals surface area contributed by atoms with Crippen LogP contribution in [-0.2, 0) is 11.3 Å². The van der Waals surface area contributed by atoms with Crippen LogP contribution in [0.3, 0.4) is 0 Å². The average Bonchev–Trinajstić information content (AvgIpc) is 2.25. The van der Waals surface area contributed by atoms with Crippen LogP contribution in [0.25, 0.3) is 0 Å². The summed E-state index contributed by atoms with van der Waals surface area (Å²) in [4.78, 5) is 13.3. The molecule has 18 heavy (non-hydrogen) atoms. The van der Waals surface area contributed by atoms with E-state index in [0.717, 1.165) is 5.56 Å². The number of hydrogen-bond donors (Lipinski definition) is 1. The molecule has 0 bridgehead atoms. The van der Waals surface area contributed by atoms with Gasteiger partial charge >= 0.3 is 6.09 Å². The third-order valence-electron chi connectivity index (χ3n) is 2.43. The van der Waals surface area contributed by atoms with Gasteiger partial charge in [-0.3, -0.25) is 4.90 Å². The van der Waals surface area contributed by atoms with Crippen LogP contribution >= 0.6 is 0 Å². The van der Waals surface area contributed by atoms with Gasteiger partial charge < -0.3 is 9.84 Å². The summed E-state index contributed by atoms with van der Waals surface area (Å²) in [6, 6.07) is 5.57. The molecule has 4 nitrogen and oxygen atoms in total. The molecule has 0 aliphatic rings. The number of carbonyl (C=O) groups excluding carboxylic acids is 1. The van der Waals surface area contributed by atoms with Gasteiger partial charge in [-0.1, -0.05) is 17.7 Å². The summed E-state index contributed by atoms with van der Waals surface area (Å²) in [5, 5.41) is 9.33. The molecule has 4 heteroatoms. The number of rotatable bonds is 2. The van der Waals surface area contributed by atoms with Gasteiger partial charge in [0.15, 0.2) is 0 Å². The fourth-order valence-corrected chi connectivity index (χ4v) is 1.60. The van der Waals surface area contributed by atoms with Gasteiger partial charge in [0.2, 0.25) is 0 Å². The Labute approximate surface area is 108 Å². The predicted octanol–water partition coefficient (Wildman–Crippen LogP) is 2.86. The maximum atomic E-state index is 11.9. The van der Waals surface area contributed by atoms with Crippen molar-refractivity contribution in [2.45, 2.75) is 39.9 Å². The highest BCUT2D eigenvalue weighted by Gasteiger charge is 2.21. The Morgan fingerprint density at radius 3 is 2.50 bits per heavy atom. The maximum absolute atomic E-state index is 11.9. The number of anilines is 1. The number of aryl methyl sites for hydroxylation is 1. The van der Waals surface area contributed by atoms with Gasteiger partial charge in [-0.25, -0.2) is 4.79 Å². The van der Waals surface area contributed by atoms with Crippen molar-refractivity contribution in [2.75, 3.05) is 11.9 Å². The van der Waals surface area contributed by atoms with E-state index < -0.39 is 11.7 Å². The van der Waals surface area contributed by atoms with Crippen molar-refractivity contribution in [3.05, 3.63) is 29.3 Å². The molecule has 0 spiro atoms. The van der Waals surface area contributed by atoms with Crippen LogP contribution in [0, 0.1) is 6.92 Å². The van der Waals surface area contributed by atoms with E-state index in [1.807, 2.05) is 45.9 Å². The Balaban J connectivity index is 2.96. The number of hydrogen-bond acceptors (Lipinski definition) is 3. The first kappa shape index (κ1) is 14.5. The summed E-state index contributed by atoms with van der Waals surface area (Å²) in [5.41, 5.74) is 1.89. The van der Waals surface area contributed by atoms with Gasteiger partial charge in [0, 0.05) is 12.6 Å². The number of aliphatic hydroxyl groups is 1. The number of aliphatic hydroxyl groups excluding tert-OH is 1. The second kappa shape index (κ2) is 5.40. The lowest BCUT2D eigenvalue weighted by Gasteiger charge is -2.26. The fraction of sp³-hybridized carbons (Fsp3) is 0.500. The lowest BCUT2D eigenvalue weighted by molar-refractivity contribution is 0.0589. The van der Waals surface area contributed by atoms with E-state index in [-0.39, 0.29) is 6.61 Å². The molecule has 0 radical (unpaired) electrons. The summed E-state index contributed by atoms with van der Waals surface area (Å²) >= 11 is 0. The lowest BCUT2D eigenvalue weighted by atomic mass is 10.1. The normalized spacial score (nSPS) is 11.2. The van der Waals surface area contributed by atoms with Gasteiger partial charge in [0.05, 0.1) is 12.3 Å². The summed E-state index contributed by atoms with van der Waals surface area (Å²) in [5.74, 6) is 0. The van der Waals surface area contributed by atoms with E-state index in [4.69, 9.17) is 4.74 Å². The van der Waals surface area contributed by atoms with E-state index in [2.05, 4.69) is 0 Å². The summed E-state index contributed by atoms with van der Waals surface area (Å²) in [6.07, 6.45) is -0.430. The van der Waals surface area contributed by atoms with Crippen molar-refractivity contribution in [3.8, 4) is 0 Å². The predicted molar refractivity (Wildman–Crippen MR) is 71.7 cm³/mol. The Morgan fingerprint density at radius 1 is 1.39 bits per heavy atom. The molecule has 0 fully saturated rings. The molecule has 100 valence electrons. The summed E-state index contributed by atoms with van der Waals surface area (Å²) < 4.78 is 5.29. The zero-order valence-corrected chi connectivity index (χ0v) is 11.7. The van der Waals surface area contributed by atoms with E-state index in [9.17, 15) is 9.90 Å². The number of nitrogens with zero attached hydrogens (tertiary/aromatic N) is 1. The first-order valence-corrected chi connectivity index (χ1v) is 5.91. The zero-order valence-electron chi connectivity index (χ0n) is 11.7. The third-order valence-corrected chi connectivity index (χ3v) is 2.43. The van der Waals surface area contributed by atoms with Crippen molar-refractivity contribution >= 4 is 11.8 Å². The smallest absolute Gasteiger partial charge is 0.414 e. The first-order valence-electron chi connectivity index (χ1n) is 5.91. The second-order valence-electron chi connectivity index (χ2n) is 5.33. The summed E-state index contributed by atoms with van der Waals surface area (Å²) in [6.45, 7) is 7.29. The third kappa shape index (κ3) is 3.74. The van der Waals surface area contributed by atoms with Crippen molar-refractivity contribution in [1.29, 1.82) is 0 Å². The van der Waals surface area contributed by atoms with Gasteiger partial charge in [-0.15, -0.1) is 0 Å². The van der Waals surface area contributed by atoms with Gasteiger partial charge in [-0.2, -0.15) is 0 Å². The SMILES string of the molecule is Cc1ccc(N(C)C(=O)OC(C)(C)C)c(CO)c1. The molecule has 1 rings (SSSR count). The van der Waals surface area contributed by atoms with Crippen molar-refractivity contribution in [3.63, 3.8) is 0 Å². The maximum Gasteiger partial charge on any atom is 0.414 e. The molecule has 0 aliphatic heterocycles. The van der Waals surface area contributed by atoms with Crippen LogP contribution in [-0.4, -0.2) is 23.8 Å². The highest BCUT2D eigenvalue weighted by Crippen LogP contribution is 2.22. The molecule has 0 unspecified atom stereocenters. The minimum atomic E-state index is -0.532. The van der Waals surface area contributed by atoms with Crippen LogP contribution in [0.15, 0.2) is 18.2 Å². The molecule has 0 aromatic heterocycles. The largest absolute Gasteiger partial charge is 0.443 e. The molecule has 1 aromatic rings. The lowest BCUT2D eigenvalue weighted by Crippen LogP contribution is -2.34. The summed E-state index contributed by atoms with van der Waals surface area (Å²) in [7, 11) is 1.64. The van der Waals surface area contributed by atoms with Crippen LogP contribution in [0.5, 0.6) is 0 Å². The van der Waals surface area contributed by atoms with E-state index in [1.165, 1.54) is 4.90 Å². The second-order valence-corrected chi connectivity index (χ2v) is 5.33. The average molecular weight is 251 g/mol. The molecule has 0 atom stereocenters. The van der Waals surface area contributed by atoms with Gasteiger partial charge in [-0.05, 0) is 33.8 Å². The quantitative estimate of drug-likeness (QED) is 0.879.